The molecule has 0 saturated heterocycles. The third kappa shape index (κ3) is 3.91. The van der Waals surface area contributed by atoms with Crippen molar-refractivity contribution in [3.05, 3.63) is 0 Å². The van der Waals surface area contributed by atoms with Crippen molar-refractivity contribution >= 4 is 11.5 Å². The van der Waals surface area contributed by atoms with Crippen LogP contribution in [0.3, 0.4) is 0 Å². The Morgan fingerprint density at radius 1 is 1.18 bits per heavy atom. The van der Waals surface area contributed by atoms with Crippen molar-refractivity contribution in [1.82, 2.24) is 0 Å². The SMILES string of the molecule is CC(=O)C(=NC(C)C)C(C)C. The van der Waals surface area contributed by atoms with Gasteiger partial charge in [0.15, 0.2) is 5.78 Å². The summed E-state index contributed by atoms with van der Waals surface area (Å²) in [5.41, 5.74) is 0.708. The zero-order valence-corrected chi connectivity index (χ0v) is 8.01. The molecule has 0 radical (unpaired) electrons. The number of aliphatic imine (C=N–C) groups is 1. The second kappa shape index (κ2) is 4.27. The Balaban J connectivity index is 4.47. The lowest BCUT2D eigenvalue weighted by Gasteiger charge is -2.07. The van der Waals surface area contributed by atoms with Crippen molar-refractivity contribution in [2.24, 2.45) is 10.9 Å². The fraction of sp³-hybridized carbons (Fsp3) is 0.778. The lowest BCUT2D eigenvalue weighted by atomic mass is 10.0. The molecule has 64 valence electrons. The molecule has 0 heterocycles. The number of hydrogen-bond acceptors (Lipinski definition) is 2. The smallest absolute Gasteiger partial charge is 0.173 e. The molecule has 0 aliphatic heterocycles. The Kier molecular flexibility index (Phi) is 4.01. The molecule has 0 N–H and O–H groups in total. The van der Waals surface area contributed by atoms with Gasteiger partial charge in [-0.3, -0.25) is 9.79 Å². The minimum atomic E-state index is 0.0914. The lowest BCUT2D eigenvalue weighted by Crippen LogP contribution is -2.18. The molecule has 0 aliphatic rings. The largest absolute Gasteiger partial charge is 0.293 e. The van der Waals surface area contributed by atoms with E-state index < -0.39 is 0 Å². The van der Waals surface area contributed by atoms with E-state index in [4.69, 9.17) is 0 Å². The van der Waals surface area contributed by atoms with Crippen LogP contribution in [0.4, 0.5) is 0 Å². The minimum Gasteiger partial charge on any atom is -0.293 e. The Labute approximate surface area is 68.7 Å². The first-order valence-corrected chi connectivity index (χ1v) is 4.03. The van der Waals surface area contributed by atoms with Gasteiger partial charge in [0.2, 0.25) is 0 Å². The molecular weight excluding hydrogens is 138 g/mol. The molecule has 0 aromatic carbocycles. The second-order valence-electron chi connectivity index (χ2n) is 3.32. The predicted octanol–water partition coefficient (Wildman–Crippen LogP) is 2.08. The fourth-order valence-corrected chi connectivity index (χ4v) is 0.925. The number of hydrogen-bond donors (Lipinski definition) is 0. The summed E-state index contributed by atoms with van der Waals surface area (Å²) in [5, 5.41) is 0. The molecule has 2 nitrogen and oxygen atoms in total. The average molecular weight is 155 g/mol. The highest BCUT2D eigenvalue weighted by molar-refractivity contribution is 6.39. The molecule has 0 fully saturated rings. The van der Waals surface area contributed by atoms with Crippen LogP contribution in [0.25, 0.3) is 0 Å². The summed E-state index contributed by atoms with van der Waals surface area (Å²) in [4.78, 5) is 15.2. The monoisotopic (exact) mass is 155 g/mol. The van der Waals surface area contributed by atoms with Gasteiger partial charge in [0.25, 0.3) is 0 Å². The van der Waals surface area contributed by atoms with Crippen LogP contribution in [0.2, 0.25) is 0 Å². The Bertz CT molecular complexity index is 168. The van der Waals surface area contributed by atoms with Crippen LogP contribution in [-0.2, 0) is 4.79 Å². The van der Waals surface area contributed by atoms with Crippen LogP contribution < -0.4 is 0 Å². The van der Waals surface area contributed by atoms with Gasteiger partial charge in [-0.2, -0.15) is 0 Å². The van der Waals surface area contributed by atoms with Gasteiger partial charge in [-0.25, -0.2) is 0 Å². The van der Waals surface area contributed by atoms with Gasteiger partial charge < -0.3 is 0 Å². The molecule has 0 aliphatic carbocycles. The van der Waals surface area contributed by atoms with Gasteiger partial charge in [-0.05, 0) is 19.8 Å². The first kappa shape index (κ1) is 10.3. The van der Waals surface area contributed by atoms with E-state index in [1.54, 1.807) is 6.92 Å². The maximum atomic E-state index is 11.0. The summed E-state index contributed by atoms with van der Waals surface area (Å²) in [7, 11) is 0. The average Bonchev–Trinajstić information content (AvgIpc) is 1.81. The molecule has 2 heteroatoms. The molecule has 11 heavy (non-hydrogen) atoms. The van der Waals surface area contributed by atoms with Crippen LogP contribution >= 0.6 is 0 Å². The predicted molar refractivity (Wildman–Crippen MR) is 48.1 cm³/mol. The van der Waals surface area contributed by atoms with E-state index in [9.17, 15) is 4.79 Å². The second-order valence-corrected chi connectivity index (χ2v) is 3.32. The molecule has 0 spiro atoms. The maximum Gasteiger partial charge on any atom is 0.173 e. The molecule has 0 atom stereocenters. The third-order valence-electron chi connectivity index (χ3n) is 1.30. The van der Waals surface area contributed by atoms with Gasteiger partial charge in [-0.1, -0.05) is 13.8 Å². The lowest BCUT2D eigenvalue weighted by molar-refractivity contribution is -0.111. The quantitative estimate of drug-likeness (QED) is 0.574. The van der Waals surface area contributed by atoms with Crippen molar-refractivity contribution in [2.45, 2.75) is 40.7 Å². The van der Waals surface area contributed by atoms with Crippen molar-refractivity contribution < 1.29 is 4.79 Å². The van der Waals surface area contributed by atoms with E-state index in [1.807, 2.05) is 27.7 Å². The van der Waals surface area contributed by atoms with Crippen molar-refractivity contribution in [3.63, 3.8) is 0 Å². The van der Waals surface area contributed by atoms with E-state index in [0.717, 1.165) is 0 Å². The number of rotatable bonds is 3. The van der Waals surface area contributed by atoms with Crippen LogP contribution in [0.1, 0.15) is 34.6 Å². The van der Waals surface area contributed by atoms with Gasteiger partial charge >= 0.3 is 0 Å². The van der Waals surface area contributed by atoms with Crippen molar-refractivity contribution in [3.8, 4) is 0 Å². The molecule has 0 saturated carbocycles. The maximum absolute atomic E-state index is 11.0. The van der Waals surface area contributed by atoms with E-state index >= 15 is 0 Å². The summed E-state index contributed by atoms with van der Waals surface area (Å²) in [6, 6.07) is 0.219. The Hall–Kier alpha value is -0.660. The standard InChI is InChI=1S/C9H17NO/c1-6(2)9(8(5)11)10-7(3)4/h6-7H,1-5H3. The molecule has 0 aromatic heterocycles. The highest BCUT2D eigenvalue weighted by atomic mass is 16.1. The van der Waals surface area contributed by atoms with Crippen LogP contribution in [0.15, 0.2) is 4.99 Å². The number of ketones is 1. The normalized spacial score (nSPS) is 12.8. The third-order valence-corrected chi connectivity index (χ3v) is 1.30. The van der Waals surface area contributed by atoms with E-state index in [1.165, 1.54) is 0 Å². The summed E-state index contributed by atoms with van der Waals surface area (Å²) in [6.45, 7) is 9.50. The fourth-order valence-electron chi connectivity index (χ4n) is 0.925. The number of carbonyl (C=O) groups is 1. The highest BCUT2D eigenvalue weighted by Crippen LogP contribution is 2.01. The molecule has 0 unspecified atom stereocenters. The van der Waals surface area contributed by atoms with Crippen molar-refractivity contribution in [1.29, 1.82) is 0 Å². The summed E-state index contributed by atoms with van der Waals surface area (Å²) < 4.78 is 0. The molecule has 0 amide bonds. The van der Waals surface area contributed by atoms with E-state index in [2.05, 4.69) is 4.99 Å². The number of carbonyl (C=O) groups excluding carboxylic acids is 1. The number of nitrogens with zero attached hydrogens (tertiary/aromatic N) is 1. The first-order chi connectivity index (χ1) is 4.95. The Morgan fingerprint density at radius 3 is 1.73 bits per heavy atom. The molecule has 0 bridgehead atoms. The van der Waals surface area contributed by atoms with Crippen molar-refractivity contribution in [2.75, 3.05) is 0 Å². The van der Waals surface area contributed by atoms with Crippen LogP contribution in [0, 0.1) is 5.92 Å². The van der Waals surface area contributed by atoms with Crippen LogP contribution in [0.5, 0.6) is 0 Å². The van der Waals surface area contributed by atoms with Gasteiger partial charge in [-0.15, -0.1) is 0 Å². The summed E-state index contributed by atoms with van der Waals surface area (Å²) in [5.74, 6) is 0.337. The molecule has 0 rings (SSSR count). The highest BCUT2D eigenvalue weighted by Gasteiger charge is 2.10. The summed E-state index contributed by atoms with van der Waals surface area (Å²) >= 11 is 0. The van der Waals surface area contributed by atoms with Gasteiger partial charge in [0, 0.05) is 13.0 Å². The number of Topliss-reactive ketones (excluding diaryl/α,β-unsaturated/α-hetero) is 1. The zero-order chi connectivity index (χ0) is 9.02. The van der Waals surface area contributed by atoms with E-state index in [-0.39, 0.29) is 17.7 Å². The molecular formula is C9H17NO. The Morgan fingerprint density at radius 2 is 1.64 bits per heavy atom. The van der Waals surface area contributed by atoms with Crippen LogP contribution in [-0.4, -0.2) is 17.5 Å². The summed E-state index contributed by atoms with van der Waals surface area (Å²) in [6.07, 6.45) is 0. The van der Waals surface area contributed by atoms with Gasteiger partial charge in [0.1, 0.15) is 0 Å². The first-order valence-electron chi connectivity index (χ1n) is 4.03. The van der Waals surface area contributed by atoms with E-state index in [0.29, 0.717) is 5.71 Å². The topological polar surface area (TPSA) is 29.4 Å². The molecule has 0 aromatic rings. The minimum absolute atomic E-state index is 0.0914. The zero-order valence-electron chi connectivity index (χ0n) is 8.01. The van der Waals surface area contributed by atoms with Gasteiger partial charge in [0.05, 0.1) is 5.71 Å².